The monoisotopic (exact) mass is 351 g/mol. The average Bonchev–Trinajstić information content (AvgIpc) is 3.05. The summed E-state index contributed by atoms with van der Waals surface area (Å²) in [5.41, 5.74) is 4.25. The van der Waals surface area contributed by atoms with Crippen molar-refractivity contribution < 1.29 is 9.53 Å². The minimum Gasteiger partial charge on any atom is -0.480 e. The maximum absolute atomic E-state index is 12.7. The standard InChI is InChI=1S/C19H21N5O2/c1-5-16-15(19(25)21-14-9-12(2)8-13(3)10-14)11-20-24(16)17-6-7-18(26-4)23-22-17/h6-11H,5H2,1-4H3,(H,21,25). The van der Waals surface area contributed by atoms with E-state index in [1.54, 1.807) is 23.0 Å². The van der Waals surface area contributed by atoms with Crippen molar-refractivity contribution in [2.75, 3.05) is 12.4 Å². The van der Waals surface area contributed by atoms with Gasteiger partial charge in [0, 0.05) is 11.8 Å². The molecule has 0 saturated carbocycles. The molecule has 7 nitrogen and oxygen atoms in total. The van der Waals surface area contributed by atoms with E-state index in [4.69, 9.17) is 4.74 Å². The van der Waals surface area contributed by atoms with Gasteiger partial charge in [-0.25, -0.2) is 4.68 Å². The molecule has 3 rings (SSSR count). The second-order valence-electron chi connectivity index (χ2n) is 6.03. The molecule has 3 aromatic rings. The van der Waals surface area contributed by atoms with Crippen LogP contribution in [0.15, 0.2) is 36.5 Å². The van der Waals surface area contributed by atoms with E-state index >= 15 is 0 Å². The molecule has 0 bridgehead atoms. The summed E-state index contributed by atoms with van der Waals surface area (Å²) in [6.07, 6.45) is 2.19. The Morgan fingerprint density at radius 1 is 1.15 bits per heavy atom. The lowest BCUT2D eigenvalue weighted by Gasteiger charge is -2.09. The molecule has 0 atom stereocenters. The van der Waals surface area contributed by atoms with Crippen molar-refractivity contribution in [1.82, 2.24) is 20.0 Å². The molecule has 0 fully saturated rings. The number of hydrogen-bond acceptors (Lipinski definition) is 5. The van der Waals surface area contributed by atoms with Crippen LogP contribution in [-0.2, 0) is 6.42 Å². The zero-order valence-corrected chi connectivity index (χ0v) is 15.3. The van der Waals surface area contributed by atoms with Crippen molar-refractivity contribution in [1.29, 1.82) is 0 Å². The Hall–Kier alpha value is -3.22. The number of anilines is 1. The van der Waals surface area contributed by atoms with Gasteiger partial charge in [-0.15, -0.1) is 10.2 Å². The van der Waals surface area contributed by atoms with Gasteiger partial charge in [0.1, 0.15) is 0 Å². The Kier molecular flexibility index (Phi) is 4.97. The first kappa shape index (κ1) is 17.6. The van der Waals surface area contributed by atoms with Crippen LogP contribution in [0.3, 0.4) is 0 Å². The summed E-state index contributed by atoms with van der Waals surface area (Å²) in [5, 5.41) is 15.3. The molecule has 0 saturated heterocycles. The Bertz CT molecular complexity index is 911. The Balaban J connectivity index is 1.90. The van der Waals surface area contributed by atoms with Crippen LogP contribution in [0.1, 0.15) is 34.1 Å². The van der Waals surface area contributed by atoms with Gasteiger partial charge >= 0.3 is 0 Å². The fraction of sp³-hybridized carbons (Fsp3) is 0.263. The number of aromatic nitrogens is 4. The quantitative estimate of drug-likeness (QED) is 0.764. The molecule has 1 aromatic carbocycles. The highest BCUT2D eigenvalue weighted by Crippen LogP contribution is 2.19. The lowest BCUT2D eigenvalue weighted by molar-refractivity contribution is 0.102. The summed E-state index contributed by atoms with van der Waals surface area (Å²) in [5.74, 6) is 0.763. The van der Waals surface area contributed by atoms with E-state index < -0.39 is 0 Å². The topological polar surface area (TPSA) is 81.9 Å². The maximum atomic E-state index is 12.7. The highest BCUT2D eigenvalue weighted by Gasteiger charge is 2.18. The third kappa shape index (κ3) is 3.56. The zero-order chi connectivity index (χ0) is 18.7. The Morgan fingerprint density at radius 3 is 2.46 bits per heavy atom. The summed E-state index contributed by atoms with van der Waals surface area (Å²) in [7, 11) is 1.53. The predicted molar refractivity (Wildman–Crippen MR) is 99.0 cm³/mol. The maximum Gasteiger partial charge on any atom is 0.259 e. The number of benzene rings is 1. The largest absolute Gasteiger partial charge is 0.480 e. The first-order valence-electron chi connectivity index (χ1n) is 8.36. The van der Waals surface area contributed by atoms with Crippen LogP contribution in [0.4, 0.5) is 5.69 Å². The van der Waals surface area contributed by atoms with E-state index in [9.17, 15) is 4.79 Å². The third-order valence-corrected chi connectivity index (χ3v) is 3.98. The fourth-order valence-electron chi connectivity index (χ4n) is 2.88. The number of carbonyl (C=O) groups excluding carboxylic acids is 1. The minimum atomic E-state index is -0.195. The molecule has 0 aliphatic heterocycles. The van der Waals surface area contributed by atoms with E-state index in [2.05, 4.69) is 26.7 Å². The summed E-state index contributed by atoms with van der Waals surface area (Å²) in [4.78, 5) is 12.7. The average molecular weight is 351 g/mol. The molecule has 134 valence electrons. The van der Waals surface area contributed by atoms with Crippen molar-refractivity contribution in [3.8, 4) is 11.7 Å². The first-order valence-corrected chi connectivity index (χ1v) is 8.36. The molecular formula is C19H21N5O2. The van der Waals surface area contributed by atoms with Gasteiger partial charge in [-0.05, 0) is 49.6 Å². The van der Waals surface area contributed by atoms with Crippen molar-refractivity contribution in [3.05, 3.63) is 58.9 Å². The molecule has 26 heavy (non-hydrogen) atoms. The van der Waals surface area contributed by atoms with Crippen molar-refractivity contribution >= 4 is 11.6 Å². The molecule has 1 N–H and O–H groups in total. The summed E-state index contributed by atoms with van der Waals surface area (Å²) in [6, 6.07) is 9.40. The van der Waals surface area contributed by atoms with Crippen LogP contribution in [0, 0.1) is 13.8 Å². The molecule has 2 heterocycles. The minimum absolute atomic E-state index is 0.195. The number of amides is 1. The van der Waals surface area contributed by atoms with Gasteiger partial charge in [0.2, 0.25) is 5.88 Å². The molecule has 0 spiro atoms. The smallest absolute Gasteiger partial charge is 0.259 e. The van der Waals surface area contributed by atoms with Crippen LogP contribution in [0.25, 0.3) is 5.82 Å². The Labute approximate surface area is 152 Å². The molecule has 0 radical (unpaired) electrons. The normalized spacial score (nSPS) is 10.6. The van der Waals surface area contributed by atoms with E-state index in [1.807, 2.05) is 32.9 Å². The highest BCUT2D eigenvalue weighted by atomic mass is 16.5. The van der Waals surface area contributed by atoms with Gasteiger partial charge in [0.15, 0.2) is 5.82 Å². The number of ether oxygens (including phenoxy) is 1. The molecule has 1 amide bonds. The van der Waals surface area contributed by atoms with Gasteiger partial charge in [0.25, 0.3) is 5.91 Å². The van der Waals surface area contributed by atoms with Crippen LogP contribution < -0.4 is 10.1 Å². The third-order valence-electron chi connectivity index (χ3n) is 3.98. The van der Waals surface area contributed by atoms with Crippen LogP contribution in [-0.4, -0.2) is 33.0 Å². The van der Waals surface area contributed by atoms with Crippen LogP contribution in [0.5, 0.6) is 5.88 Å². The van der Waals surface area contributed by atoms with Gasteiger partial charge in [0.05, 0.1) is 24.6 Å². The predicted octanol–water partition coefficient (Wildman–Crippen LogP) is 3.10. The molecule has 0 aliphatic carbocycles. The zero-order valence-electron chi connectivity index (χ0n) is 15.3. The number of carbonyl (C=O) groups is 1. The highest BCUT2D eigenvalue weighted by molar-refractivity contribution is 6.05. The van der Waals surface area contributed by atoms with Gasteiger partial charge in [-0.2, -0.15) is 5.10 Å². The lowest BCUT2D eigenvalue weighted by Crippen LogP contribution is -2.15. The number of aryl methyl sites for hydroxylation is 2. The lowest BCUT2D eigenvalue weighted by atomic mass is 10.1. The Morgan fingerprint density at radius 2 is 1.88 bits per heavy atom. The second-order valence-corrected chi connectivity index (χ2v) is 6.03. The van der Waals surface area contributed by atoms with E-state index in [1.165, 1.54) is 7.11 Å². The first-order chi connectivity index (χ1) is 12.5. The van der Waals surface area contributed by atoms with E-state index in [0.717, 1.165) is 22.5 Å². The van der Waals surface area contributed by atoms with E-state index in [-0.39, 0.29) is 5.91 Å². The van der Waals surface area contributed by atoms with E-state index in [0.29, 0.717) is 23.7 Å². The van der Waals surface area contributed by atoms with Crippen LogP contribution in [0.2, 0.25) is 0 Å². The summed E-state index contributed by atoms with van der Waals surface area (Å²) < 4.78 is 6.65. The van der Waals surface area contributed by atoms with Crippen molar-refractivity contribution in [2.45, 2.75) is 27.2 Å². The summed E-state index contributed by atoms with van der Waals surface area (Å²) in [6.45, 7) is 5.97. The number of nitrogens with zero attached hydrogens (tertiary/aromatic N) is 4. The molecule has 0 aliphatic rings. The number of methoxy groups -OCH3 is 1. The molecule has 0 unspecified atom stereocenters. The molecule has 7 heteroatoms. The van der Waals surface area contributed by atoms with Crippen LogP contribution >= 0.6 is 0 Å². The number of hydrogen-bond donors (Lipinski definition) is 1. The van der Waals surface area contributed by atoms with Gasteiger partial charge in [-0.3, -0.25) is 4.79 Å². The molecule has 2 aromatic heterocycles. The van der Waals surface area contributed by atoms with Crippen molar-refractivity contribution in [3.63, 3.8) is 0 Å². The second kappa shape index (κ2) is 7.35. The number of nitrogens with one attached hydrogen (secondary N) is 1. The van der Waals surface area contributed by atoms with Gasteiger partial charge in [-0.1, -0.05) is 13.0 Å². The number of rotatable bonds is 5. The summed E-state index contributed by atoms with van der Waals surface area (Å²) >= 11 is 0. The SMILES string of the molecule is CCc1c(C(=O)Nc2cc(C)cc(C)c2)cnn1-c1ccc(OC)nn1. The molecular weight excluding hydrogens is 330 g/mol. The van der Waals surface area contributed by atoms with Crippen molar-refractivity contribution in [2.24, 2.45) is 0 Å². The fourth-order valence-corrected chi connectivity index (χ4v) is 2.88. The van der Waals surface area contributed by atoms with Gasteiger partial charge < -0.3 is 10.1 Å².